The monoisotopic (exact) mass is 434 g/mol. The number of nitrogens with zero attached hydrogens (tertiary/aromatic N) is 1. The lowest BCUT2D eigenvalue weighted by molar-refractivity contribution is -0.132. The number of sulfonamides is 1. The maximum atomic E-state index is 12.4. The van der Waals surface area contributed by atoms with Gasteiger partial charge >= 0.3 is 0 Å². The molecule has 1 fully saturated rings. The predicted molar refractivity (Wildman–Crippen MR) is 107 cm³/mol. The average Bonchev–Trinajstić information content (AvgIpc) is 2.64. The van der Waals surface area contributed by atoms with Gasteiger partial charge in [-0.3, -0.25) is 4.79 Å². The molecule has 1 heterocycles. The molecule has 0 bridgehead atoms. The summed E-state index contributed by atoms with van der Waals surface area (Å²) in [5.41, 5.74) is 0.599. The molecular weight excluding hydrogens is 411 g/mol. The van der Waals surface area contributed by atoms with Crippen molar-refractivity contribution >= 4 is 39.1 Å². The highest BCUT2D eigenvalue weighted by Gasteiger charge is 2.23. The molecule has 9 heteroatoms. The maximum absolute atomic E-state index is 12.4. The Morgan fingerprint density at radius 2 is 1.93 bits per heavy atom. The number of rotatable bonds is 8. The lowest BCUT2D eigenvalue weighted by atomic mass is 9.93. The van der Waals surface area contributed by atoms with Gasteiger partial charge < -0.3 is 10.0 Å². The Labute approximate surface area is 170 Å². The van der Waals surface area contributed by atoms with Gasteiger partial charge in [0.15, 0.2) is 0 Å². The number of amides is 1. The van der Waals surface area contributed by atoms with Crippen LogP contribution in [0, 0.1) is 5.92 Å². The van der Waals surface area contributed by atoms with Crippen molar-refractivity contribution in [3.8, 4) is 5.75 Å². The molecule has 0 atom stereocenters. The Balaban J connectivity index is 1.75. The second-order valence-corrected chi connectivity index (χ2v) is 9.14. The van der Waals surface area contributed by atoms with Crippen LogP contribution in [0.25, 0.3) is 0 Å². The minimum atomic E-state index is -3.38. The standard InChI is InChI=1S/C18H24Cl2N2O4S/c1-2-27(25,26)21-8-5-13-6-9-22(10-7-13)18(24)4-3-14-11-15(19)16(20)12-17(14)23/h2,11-13,21,23H,1,3-10H2. The van der Waals surface area contributed by atoms with Crippen LogP contribution in [-0.4, -0.2) is 44.0 Å². The third kappa shape index (κ3) is 6.68. The Kier molecular flexibility index (Phi) is 7.97. The lowest BCUT2D eigenvalue weighted by Gasteiger charge is -2.32. The molecule has 1 aliphatic rings. The first-order valence-corrected chi connectivity index (χ1v) is 11.1. The summed E-state index contributed by atoms with van der Waals surface area (Å²) in [5.74, 6) is 0.463. The smallest absolute Gasteiger partial charge is 0.233 e. The molecule has 2 N–H and O–H groups in total. The zero-order chi connectivity index (χ0) is 20.0. The van der Waals surface area contributed by atoms with E-state index in [2.05, 4.69) is 11.3 Å². The van der Waals surface area contributed by atoms with E-state index in [-0.39, 0.29) is 23.1 Å². The molecule has 0 aromatic heterocycles. The van der Waals surface area contributed by atoms with Crippen LogP contribution in [0.1, 0.15) is 31.2 Å². The van der Waals surface area contributed by atoms with E-state index in [1.54, 1.807) is 6.07 Å². The lowest BCUT2D eigenvalue weighted by Crippen LogP contribution is -2.39. The van der Waals surface area contributed by atoms with Crippen LogP contribution in [0.15, 0.2) is 24.1 Å². The van der Waals surface area contributed by atoms with Crippen LogP contribution in [-0.2, 0) is 21.2 Å². The average molecular weight is 435 g/mol. The zero-order valence-electron chi connectivity index (χ0n) is 15.0. The molecule has 0 radical (unpaired) electrons. The van der Waals surface area contributed by atoms with Gasteiger partial charge in [-0.25, -0.2) is 13.1 Å². The fourth-order valence-electron chi connectivity index (χ4n) is 3.11. The van der Waals surface area contributed by atoms with E-state index in [1.807, 2.05) is 4.90 Å². The SMILES string of the molecule is C=CS(=O)(=O)NCCC1CCN(C(=O)CCc2cc(Cl)c(Cl)cc2O)CC1. The molecule has 150 valence electrons. The van der Waals surface area contributed by atoms with Crippen molar-refractivity contribution in [3.05, 3.63) is 39.7 Å². The molecule has 1 aromatic rings. The number of aromatic hydroxyl groups is 1. The Bertz CT molecular complexity index is 791. The highest BCUT2D eigenvalue weighted by atomic mass is 35.5. The van der Waals surface area contributed by atoms with Crippen molar-refractivity contribution in [1.29, 1.82) is 0 Å². The minimum Gasteiger partial charge on any atom is -0.508 e. The number of aryl methyl sites for hydroxylation is 1. The summed E-state index contributed by atoms with van der Waals surface area (Å²) in [6.07, 6.45) is 3.12. The Morgan fingerprint density at radius 1 is 1.30 bits per heavy atom. The van der Waals surface area contributed by atoms with Gasteiger partial charge in [0.2, 0.25) is 15.9 Å². The topological polar surface area (TPSA) is 86.7 Å². The largest absolute Gasteiger partial charge is 0.508 e. The van der Waals surface area contributed by atoms with Crippen molar-refractivity contribution in [1.82, 2.24) is 9.62 Å². The molecule has 0 saturated carbocycles. The van der Waals surface area contributed by atoms with E-state index in [0.717, 1.165) is 24.7 Å². The molecule has 1 saturated heterocycles. The van der Waals surface area contributed by atoms with E-state index in [4.69, 9.17) is 23.2 Å². The zero-order valence-corrected chi connectivity index (χ0v) is 17.3. The molecule has 1 amide bonds. The van der Waals surface area contributed by atoms with Gasteiger partial charge in [0, 0.05) is 37.5 Å². The van der Waals surface area contributed by atoms with Gasteiger partial charge in [-0.1, -0.05) is 29.8 Å². The van der Waals surface area contributed by atoms with Crippen LogP contribution in [0.5, 0.6) is 5.75 Å². The summed E-state index contributed by atoms with van der Waals surface area (Å²) in [6, 6.07) is 2.97. The number of carbonyl (C=O) groups is 1. The highest BCUT2D eigenvalue weighted by molar-refractivity contribution is 7.92. The maximum Gasteiger partial charge on any atom is 0.233 e. The number of halogens is 2. The van der Waals surface area contributed by atoms with Gasteiger partial charge in [-0.2, -0.15) is 0 Å². The van der Waals surface area contributed by atoms with Gasteiger partial charge in [0.05, 0.1) is 10.0 Å². The van der Waals surface area contributed by atoms with Crippen molar-refractivity contribution < 1.29 is 18.3 Å². The summed E-state index contributed by atoms with van der Waals surface area (Å²) in [5, 5.41) is 11.4. The van der Waals surface area contributed by atoms with Crippen molar-refractivity contribution in [3.63, 3.8) is 0 Å². The molecule has 0 aliphatic carbocycles. The molecule has 1 aliphatic heterocycles. The number of likely N-dealkylation sites (tertiary alicyclic amines) is 1. The number of phenolic OH excluding ortho intramolecular Hbond substituents is 1. The number of piperidine rings is 1. The molecular formula is C18H24Cl2N2O4S. The first kappa shape index (κ1) is 22.0. The fraction of sp³-hybridized carbons (Fsp3) is 0.500. The quantitative estimate of drug-likeness (QED) is 0.656. The molecule has 0 unspecified atom stereocenters. The molecule has 27 heavy (non-hydrogen) atoms. The van der Waals surface area contributed by atoms with Crippen LogP contribution in [0.2, 0.25) is 10.0 Å². The summed E-state index contributed by atoms with van der Waals surface area (Å²) in [4.78, 5) is 14.2. The number of hydrogen-bond donors (Lipinski definition) is 2. The molecule has 2 rings (SSSR count). The van der Waals surface area contributed by atoms with E-state index in [1.165, 1.54) is 6.07 Å². The second kappa shape index (κ2) is 9.78. The normalized spacial score (nSPS) is 15.7. The summed E-state index contributed by atoms with van der Waals surface area (Å²) in [7, 11) is -3.38. The first-order valence-electron chi connectivity index (χ1n) is 8.78. The van der Waals surface area contributed by atoms with Gasteiger partial charge in [-0.05, 0) is 43.2 Å². The van der Waals surface area contributed by atoms with Crippen LogP contribution in [0.4, 0.5) is 0 Å². The first-order chi connectivity index (χ1) is 12.7. The highest BCUT2D eigenvalue weighted by Crippen LogP contribution is 2.30. The van der Waals surface area contributed by atoms with E-state index in [0.29, 0.717) is 42.6 Å². The van der Waals surface area contributed by atoms with Gasteiger partial charge in [0.25, 0.3) is 0 Å². The number of nitrogens with one attached hydrogen (secondary N) is 1. The molecule has 6 nitrogen and oxygen atoms in total. The van der Waals surface area contributed by atoms with Crippen molar-refractivity contribution in [2.45, 2.75) is 32.1 Å². The number of carbonyl (C=O) groups excluding carboxylic acids is 1. The van der Waals surface area contributed by atoms with Crippen molar-refractivity contribution in [2.75, 3.05) is 19.6 Å². The molecule has 1 aromatic carbocycles. The Hall–Kier alpha value is -1.28. The minimum absolute atomic E-state index is 0.0336. The number of benzene rings is 1. The van der Waals surface area contributed by atoms with Crippen LogP contribution in [0.3, 0.4) is 0 Å². The third-order valence-electron chi connectivity index (χ3n) is 4.77. The van der Waals surface area contributed by atoms with Crippen LogP contribution >= 0.6 is 23.2 Å². The van der Waals surface area contributed by atoms with E-state index in [9.17, 15) is 18.3 Å². The fourth-order valence-corrected chi connectivity index (χ4v) is 3.98. The van der Waals surface area contributed by atoms with Gasteiger partial charge in [0.1, 0.15) is 5.75 Å². The second-order valence-electron chi connectivity index (χ2n) is 6.61. The predicted octanol–water partition coefficient (Wildman–Crippen LogP) is 3.32. The number of hydrogen-bond acceptors (Lipinski definition) is 4. The number of phenols is 1. The van der Waals surface area contributed by atoms with Gasteiger partial charge in [-0.15, -0.1) is 0 Å². The molecule has 0 spiro atoms. The van der Waals surface area contributed by atoms with E-state index >= 15 is 0 Å². The van der Waals surface area contributed by atoms with Crippen molar-refractivity contribution in [2.24, 2.45) is 5.92 Å². The van der Waals surface area contributed by atoms with Crippen LogP contribution < -0.4 is 4.72 Å². The summed E-state index contributed by atoms with van der Waals surface area (Å²) >= 11 is 11.8. The Morgan fingerprint density at radius 3 is 2.56 bits per heavy atom. The summed E-state index contributed by atoms with van der Waals surface area (Å²) in [6.45, 7) is 4.95. The third-order valence-corrected chi connectivity index (χ3v) is 6.54. The summed E-state index contributed by atoms with van der Waals surface area (Å²) < 4.78 is 25.1. The van der Waals surface area contributed by atoms with E-state index < -0.39 is 10.0 Å².